The van der Waals surface area contributed by atoms with Crippen molar-refractivity contribution in [3.63, 3.8) is 0 Å². The first kappa shape index (κ1) is 14.0. The fraction of sp³-hybridized carbons (Fsp3) is 0. The van der Waals surface area contributed by atoms with Gasteiger partial charge in [0, 0.05) is 11.4 Å². The fourth-order valence-electron chi connectivity index (χ4n) is 1.21. The lowest BCUT2D eigenvalue weighted by Gasteiger charge is -1.92. The van der Waals surface area contributed by atoms with Crippen LogP contribution in [0.25, 0.3) is 5.08 Å². The number of para-hydroxylation sites is 1. The van der Waals surface area contributed by atoms with Gasteiger partial charge < -0.3 is 11.5 Å². The predicted molar refractivity (Wildman–Crippen MR) is 75.3 cm³/mol. The lowest BCUT2D eigenvalue weighted by Crippen LogP contribution is -2.09. The summed E-state index contributed by atoms with van der Waals surface area (Å²) in [5, 5.41) is 11.9. The van der Waals surface area contributed by atoms with Gasteiger partial charge in [-0.15, -0.1) is 0 Å². The van der Waals surface area contributed by atoms with Gasteiger partial charge >= 0.3 is 5.08 Å². The van der Waals surface area contributed by atoms with Crippen molar-refractivity contribution >= 4 is 23.5 Å². The summed E-state index contributed by atoms with van der Waals surface area (Å²) in [5.74, 6) is 0. The van der Waals surface area contributed by atoms with Gasteiger partial charge in [0.15, 0.2) is 0 Å². The van der Waals surface area contributed by atoms with E-state index in [2.05, 4.69) is 5.08 Å². The second kappa shape index (κ2) is 7.29. The van der Waals surface area contributed by atoms with E-state index in [0.29, 0.717) is 12.1 Å². The molecule has 2 rings (SSSR count). The molecule has 0 saturated carbocycles. The first-order valence-electron chi connectivity index (χ1n) is 5.43. The van der Waals surface area contributed by atoms with Gasteiger partial charge in [0.05, 0.1) is 5.01 Å². The number of diazo groups is 1. The van der Waals surface area contributed by atoms with Crippen molar-refractivity contribution < 1.29 is 4.79 Å². The highest BCUT2D eigenvalue weighted by Gasteiger charge is 2.12. The Bertz CT molecular complexity index is 526. The van der Waals surface area contributed by atoms with Crippen LogP contribution in [0.4, 0.5) is 17.1 Å². The van der Waals surface area contributed by atoms with Crippen molar-refractivity contribution in [1.29, 1.82) is 5.39 Å². The van der Waals surface area contributed by atoms with E-state index in [1.807, 2.05) is 6.07 Å². The van der Waals surface area contributed by atoms with Crippen LogP contribution >= 0.6 is 0 Å². The largest absolute Gasteiger partial charge is 0.399 e. The third-order valence-corrected chi connectivity index (χ3v) is 2.15. The van der Waals surface area contributed by atoms with E-state index in [-0.39, 0.29) is 0 Å². The second-order valence-electron chi connectivity index (χ2n) is 3.54. The van der Waals surface area contributed by atoms with Gasteiger partial charge in [-0.1, -0.05) is 18.2 Å². The molecule has 4 N–H and O–H groups in total. The van der Waals surface area contributed by atoms with Crippen molar-refractivity contribution in [3.8, 4) is 0 Å². The Morgan fingerprint density at radius 1 is 0.947 bits per heavy atom. The molecule has 0 aliphatic heterocycles. The van der Waals surface area contributed by atoms with Gasteiger partial charge in [-0.05, 0) is 36.4 Å². The van der Waals surface area contributed by atoms with Crippen LogP contribution in [0.15, 0.2) is 54.6 Å². The summed E-state index contributed by atoms with van der Waals surface area (Å²) in [6.07, 6.45) is 0.426. The summed E-state index contributed by atoms with van der Waals surface area (Å²) >= 11 is 0. The molecule has 0 spiro atoms. The molecule has 6 nitrogen and oxygen atoms in total. The number of anilines is 3. The summed E-state index contributed by atoms with van der Waals surface area (Å²) < 4.78 is 0. The number of amides is 1. The summed E-state index contributed by atoms with van der Waals surface area (Å²) in [4.78, 5) is 10.2. The Labute approximate surface area is 110 Å². The predicted octanol–water partition coefficient (Wildman–Crippen LogP) is 2.27. The second-order valence-corrected chi connectivity index (χ2v) is 3.54. The minimum atomic E-state index is 0.426. The molecule has 0 heterocycles. The zero-order valence-electron chi connectivity index (χ0n) is 10.2. The number of nitrogens with two attached hydrogens (primary N) is 2. The molecular weight excluding hydrogens is 242 g/mol. The van der Waals surface area contributed by atoms with Crippen molar-refractivity contribution in [2.45, 2.75) is 0 Å². The zero-order valence-corrected chi connectivity index (χ0v) is 10.2. The zero-order chi connectivity index (χ0) is 14.1. The molecule has 0 aliphatic rings. The Balaban J connectivity index is 0.000000200. The molecule has 1 amide bonds. The Kier molecular flexibility index (Phi) is 5.37. The van der Waals surface area contributed by atoms with Crippen LogP contribution in [-0.4, -0.2) is 6.41 Å². The van der Waals surface area contributed by atoms with Crippen molar-refractivity contribution in [2.75, 3.05) is 16.5 Å². The van der Waals surface area contributed by atoms with Gasteiger partial charge in [0.2, 0.25) is 0 Å². The van der Waals surface area contributed by atoms with Gasteiger partial charge in [0.25, 0.3) is 11.8 Å². The maximum atomic E-state index is 10.2. The molecule has 0 atom stereocenters. The smallest absolute Gasteiger partial charge is 0.318 e. The first-order chi connectivity index (χ1) is 9.17. The molecule has 0 aliphatic carbocycles. The van der Waals surface area contributed by atoms with Crippen LogP contribution in [0.2, 0.25) is 0 Å². The summed E-state index contributed by atoms with van der Waals surface area (Å²) in [6.45, 7) is 0. The quantitative estimate of drug-likeness (QED) is 0.372. The van der Waals surface area contributed by atoms with E-state index in [4.69, 9.17) is 16.9 Å². The summed E-state index contributed by atoms with van der Waals surface area (Å²) in [7, 11) is 0. The maximum Gasteiger partial charge on any atom is 0.318 e. The monoisotopic (exact) mass is 256 g/mol. The van der Waals surface area contributed by atoms with E-state index in [1.165, 1.54) is 0 Å². The average molecular weight is 256 g/mol. The van der Waals surface area contributed by atoms with Crippen LogP contribution < -0.4 is 16.5 Å². The van der Waals surface area contributed by atoms with Gasteiger partial charge in [-0.25, -0.2) is 0 Å². The Morgan fingerprint density at radius 3 is 1.79 bits per heavy atom. The summed E-state index contributed by atoms with van der Waals surface area (Å²) in [6, 6.07) is 15.7. The van der Waals surface area contributed by atoms with E-state index < -0.39 is 0 Å². The number of nitrogen functional groups attached to an aromatic ring is 2. The molecule has 0 fully saturated rings. The SMILES string of the molecule is N#[N+]N(C=O)c1ccccc1.Nc1ccc(N)cc1. The standard InChI is InChI=1S/C7H6N3O.C6H8N2/c8-9-10(6-11)7-4-2-1-3-5-7;7-5-1-2-6(8)4-3-5/h1-6H;1-4H,7-8H2/q+1;. The van der Waals surface area contributed by atoms with Gasteiger partial charge in [-0.2, -0.15) is 0 Å². The van der Waals surface area contributed by atoms with E-state index in [1.54, 1.807) is 48.5 Å². The van der Waals surface area contributed by atoms with E-state index >= 15 is 0 Å². The lowest BCUT2D eigenvalue weighted by molar-refractivity contribution is -0.107. The molecule has 6 heteroatoms. The number of hydrogen-bond acceptors (Lipinski definition) is 4. The minimum Gasteiger partial charge on any atom is -0.399 e. The molecule has 2 aromatic carbocycles. The van der Waals surface area contributed by atoms with Crippen LogP contribution in [0, 0.1) is 5.39 Å². The molecule has 0 saturated heterocycles. The molecule has 2 aromatic rings. The number of benzene rings is 2. The third kappa shape index (κ3) is 4.75. The normalized spacial score (nSPS) is 8.58. The van der Waals surface area contributed by atoms with Crippen LogP contribution in [0.5, 0.6) is 0 Å². The lowest BCUT2D eigenvalue weighted by atomic mass is 10.3. The van der Waals surface area contributed by atoms with Crippen LogP contribution in [0.3, 0.4) is 0 Å². The molecule has 0 aromatic heterocycles. The Morgan fingerprint density at radius 2 is 1.42 bits per heavy atom. The molecule has 0 bridgehead atoms. The number of carbonyl (C=O) groups excluding carboxylic acids is 1. The topological polar surface area (TPSA) is 100 Å². The number of nitrogens with zero attached hydrogens (tertiary/aromatic N) is 3. The molecule has 19 heavy (non-hydrogen) atoms. The average Bonchev–Trinajstić information content (AvgIpc) is 2.45. The van der Waals surface area contributed by atoms with Crippen molar-refractivity contribution in [2.24, 2.45) is 0 Å². The number of rotatable bonds is 2. The Hall–Kier alpha value is -3.07. The molecule has 96 valence electrons. The minimum absolute atomic E-state index is 0.426. The molecular formula is C13H14N5O+. The van der Waals surface area contributed by atoms with Crippen LogP contribution in [-0.2, 0) is 4.79 Å². The summed E-state index contributed by atoms with van der Waals surface area (Å²) in [5.41, 5.74) is 12.8. The highest BCUT2D eigenvalue weighted by molar-refractivity contribution is 5.75. The number of hydrogen-bond donors (Lipinski definition) is 2. The van der Waals surface area contributed by atoms with Gasteiger partial charge in [-0.3, -0.25) is 4.79 Å². The highest BCUT2D eigenvalue weighted by atomic mass is 16.1. The third-order valence-electron chi connectivity index (χ3n) is 2.15. The fourth-order valence-corrected chi connectivity index (χ4v) is 1.21. The highest BCUT2D eigenvalue weighted by Crippen LogP contribution is 2.10. The number of carbonyl (C=O) groups is 1. The van der Waals surface area contributed by atoms with Crippen molar-refractivity contribution in [3.05, 3.63) is 59.7 Å². The molecule has 0 radical (unpaired) electrons. The van der Waals surface area contributed by atoms with Crippen molar-refractivity contribution in [1.82, 2.24) is 0 Å². The van der Waals surface area contributed by atoms with Crippen LogP contribution in [0.1, 0.15) is 0 Å². The maximum absolute atomic E-state index is 10.2. The van der Waals surface area contributed by atoms with Gasteiger partial charge in [0.1, 0.15) is 5.69 Å². The van der Waals surface area contributed by atoms with E-state index in [0.717, 1.165) is 16.4 Å². The molecule has 0 unspecified atom stereocenters. The van der Waals surface area contributed by atoms with E-state index in [9.17, 15) is 4.79 Å². The first-order valence-corrected chi connectivity index (χ1v) is 5.43.